The largest absolute Gasteiger partial charge is 0.444 e. The Hall–Kier alpha value is -2.57. The van der Waals surface area contributed by atoms with E-state index >= 15 is 0 Å². The SMILES string of the molecule is Cc1ccc(N/C(=N/C(=O)OC(C)(C)C)NC(=O)OC(C)(C)C)cc1C. The van der Waals surface area contributed by atoms with Crippen molar-refractivity contribution in [2.24, 2.45) is 4.99 Å². The first kappa shape index (κ1) is 21.5. The number of guanidine groups is 1. The number of carbonyl (C=O) groups is 2. The van der Waals surface area contributed by atoms with Crippen LogP contribution >= 0.6 is 0 Å². The first-order chi connectivity index (χ1) is 11.7. The Morgan fingerprint density at radius 2 is 1.50 bits per heavy atom. The highest BCUT2D eigenvalue weighted by Gasteiger charge is 2.20. The number of aliphatic imine (C=N–C) groups is 1. The maximum absolute atomic E-state index is 12.0. The number of carbonyl (C=O) groups excluding carboxylic acids is 2. The summed E-state index contributed by atoms with van der Waals surface area (Å²) in [5, 5.41) is 5.37. The predicted molar refractivity (Wildman–Crippen MR) is 103 cm³/mol. The molecule has 0 aliphatic rings. The van der Waals surface area contributed by atoms with Crippen LogP contribution in [0.25, 0.3) is 0 Å². The number of ether oxygens (including phenoxy) is 2. The van der Waals surface area contributed by atoms with Crippen molar-refractivity contribution in [1.82, 2.24) is 5.32 Å². The molecule has 0 saturated carbocycles. The molecule has 0 saturated heterocycles. The average Bonchev–Trinajstić information content (AvgIpc) is 2.38. The summed E-state index contributed by atoms with van der Waals surface area (Å²) < 4.78 is 10.4. The van der Waals surface area contributed by atoms with Crippen LogP contribution in [0.3, 0.4) is 0 Å². The Balaban J connectivity index is 3.02. The van der Waals surface area contributed by atoms with Gasteiger partial charge in [0.05, 0.1) is 0 Å². The lowest BCUT2D eigenvalue weighted by Gasteiger charge is -2.21. The molecule has 7 heteroatoms. The van der Waals surface area contributed by atoms with Crippen LogP contribution in [0.1, 0.15) is 52.7 Å². The second-order valence-corrected chi connectivity index (χ2v) is 7.99. The lowest BCUT2D eigenvalue weighted by atomic mass is 10.1. The summed E-state index contributed by atoms with van der Waals surface area (Å²) >= 11 is 0. The highest BCUT2D eigenvalue weighted by Crippen LogP contribution is 2.15. The van der Waals surface area contributed by atoms with Crippen LogP contribution in [-0.2, 0) is 9.47 Å². The molecular formula is C19H29N3O4. The first-order valence-corrected chi connectivity index (χ1v) is 8.41. The van der Waals surface area contributed by atoms with E-state index < -0.39 is 23.4 Å². The minimum atomic E-state index is -0.820. The van der Waals surface area contributed by atoms with Gasteiger partial charge in [0.1, 0.15) is 11.2 Å². The van der Waals surface area contributed by atoms with Gasteiger partial charge in [-0.2, -0.15) is 0 Å². The molecule has 2 N–H and O–H groups in total. The Morgan fingerprint density at radius 1 is 0.923 bits per heavy atom. The third-order valence-electron chi connectivity index (χ3n) is 2.99. The van der Waals surface area contributed by atoms with Gasteiger partial charge < -0.3 is 14.8 Å². The molecule has 0 atom stereocenters. The number of alkyl carbamates (subject to hydrolysis) is 1. The Bertz CT molecular complexity index is 698. The molecule has 0 aliphatic carbocycles. The van der Waals surface area contributed by atoms with Crippen LogP contribution in [0.5, 0.6) is 0 Å². The Kier molecular flexibility index (Phi) is 6.78. The molecule has 0 fully saturated rings. The zero-order valence-corrected chi connectivity index (χ0v) is 16.8. The van der Waals surface area contributed by atoms with Crippen molar-refractivity contribution in [1.29, 1.82) is 0 Å². The van der Waals surface area contributed by atoms with Gasteiger partial charge in [-0.1, -0.05) is 6.07 Å². The van der Waals surface area contributed by atoms with Gasteiger partial charge in [0.15, 0.2) is 0 Å². The van der Waals surface area contributed by atoms with E-state index in [1.165, 1.54) is 0 Å². The van der Waals surface area contributed by atoms with Gasteiger partial charge in [-0.25, -0.2) is 9.59 Å². The minimum Gasteiger partial charge on any atom is -0.444 e. The van der Waals surface area contributed by atoms with Crippen molar-refractivity contribution in [3.05, 3.63) is 29.3 Å². The monoisotopic (exact) mass is 363 g/mol. The number of hydrogen-bond acceptors (Lipinski definition) is 4. The molecule has 2 amide bonds. The standard InChI is InChI=1S/C19H29N3O4/c1-12-9-10-14(11-13(12)2)20-15(21-16(23)25-18(3,4)5)22-17(24)26-19(6,7)8/h9-11H,1-8H3,(H2,20,21,22,23,24). The summed E-state index contributed by atoms with van der Waals surface area (Å²) in [6.45, 7) is 14.4. The molecule has 7 nitrogen and oxygen atoms in total. The molecule has 26 heavy (non-hydrogen) atoms. The van der Waals surface area contributed by atoms with E-state index in [2.05, 4.69) is 15.6 Å². The summed E-state index contributed by atoms with van der Waals surface area (Å²) in [6, 6.07) is 5.64. The number of nitrogens with zero attached hydrogens (tertiary/aromatic N) is 1. The molecular weight excluding hydrogens is 334 g/mol. The summed E-state index contributed by atoms with van der Waals surface area (Å²) in [5.74, 6) is -0.0725. The summed E-state index contributed by atoms with van der Waals surface area (Å²) in [6.07, 6.45) is -1.55. The Labute approximate surface area is 155 Å². The lowest BCUT2D eigenvalue weighted by Crippen LogP contribution is -2.40. The second-order valence-electron chi connectivity index (χ2n) is 7.99. The molecule has 0 aromatic heterocycles. The minimum absolute atomic E-state index is 0.0725. The highest BCUT2D eigenvalue weighted by atomic mass is 16.6. The quantitative estimate of drug-likeness (QED) is 0.565. The lowest BCUT2D eigenvalue weighted by molar-refractivity contribution is 0.0562. The van der Waals surface area contributed by atoms with Crippen LogP contribution in [0, 0.1) is 13.8 Å². The van der Waals surface area contributed by atoms with Gasteiger partial charge in [-0.3, -0.25) is 5.32 Å². The fourth-order valence-corrected chi connectivity index (χ4v) is 1.82. The van der Waals surface area contributed by atoms with E-state index in [4.69, 9.17) is 9.47 Å². The van der Waals surface area contributed by atoms with E-state index in [-0.39, 0.29) is 5.96 Å². The Morgan fingerprint density at radius 3 is 2.00 bits per heavy atom. The number of aryl methyl sites for hydroxylation is 2. The third-order valence-corrected chi connectivity index (χ3v) is 2.99. The van der Waals surface area contributed by atoms with E-state index in [9.17, 15) is 9.59 Å². The number of anilines is 1. The zero-order chi connectivity index (χ0) is 20.1. The van der Waals surface area contributed by atoms with E-state index in [1.54, 1.807) is 41.5 Å². The number of amides is 2. The normalized spacial score (nSPS) is 12.4. The van der Waals surface area contributed by atoms with Gasteiger partial charge in [0.2, 0.25) is 5.96 Å². The maximum Gasteiger partial charge on any atom is 0.437 e. The third kappa shape index (κ3) is 8.50. The molecule has 1 aromatic carbocycles. The topological polar surface area (TPSA) is 89.0 Å². The fraction of sp³-hybridized carbons (Fsp3) is 0.526. The van der Waals surface area contributed by atoms with E-state index in [0.29, 0.717) is 5.69 Å². The van der Waals surface area contributed by atoms with E-state index in [1.807, 2.05) is 32.0 Å². The van der Waals surface area contributed by atoms with Gasteiger partial charge in [0, 0.05) is 5.69 Å². The number of nitrogens with one attached hydrogen (secondary N) is 2. The first-order valence-electron chi connectivity index (χ1n) is 8.41. The highest BCUT2D eigenvalue weighted by molar-refractivity contribution is 6.06. The van der Waals surface area contributed by atoms with Crippen molar-refractivity contribution >= 4 is 23.8 Å². The van der Waals surface area contributed by atoms with Gasteiger partial charge in [0.25, 0.3) is 0 Å². The molecule has 0 unspecified atom stereocenters. The molecule has 0 spiro atoms. The number of rotatable bonds is 1. The summed E-state index contributed by atoms with van der Waals surface area (Å²) in [5.41, 5.74) is 1.48. The van der Waals surface area contributed by atoms with Crippen LogP contribution in [0.2, 0.25) is 0 Å². The smallest absolute Gasteiger partial charge is 0.437 e. The molecule has 0 radical (unpaired) electrons. The van der Waals surface area contributed by atoms with Crippen molar-refractivity contribution in [3.63, 3.8) is 0 Å². The fourth-order valence-electron chi connectivity index (χ4n) is 1.82. The van der Waals surface area contributed by atoms with Crippen LogP contribution in [-0.4, -0.2) is 29.3 Å². The van der Waals surface area contributed by atoms with Crippen molar-refractivity contribution in [3.8, 4) is 0 Å². The molecule has 0 aliphatic heterocycles. The van der Waals surface area contributed by atoms with Crippen LogP contribution in [0.4, 0.5) is 15.3 Å². The molecule has 1 rings (SSSR count). The van der Waals surface area contributed by atoms with Crippen LogP contribution in [0.15, 0.2) is 23.2 Å². The molecule has 0 bridgehead atoms. The van der Waals surface area contributed by atoms with Gasteiger partial charge in [-0.15, -0.1) is 4.99 Å². The number of benzene rings is 1. The average molecular weight is 363 g/mol. The van der Waals surface area contributed by atoms with Crippen molar-refractivity contribution in [2.45, 2.75) is 66.6 Å². The van der Waals surface area contributed by atoms with Gasteiger partial charge >= 0.3 is 12.2 Å². The predicted octanol–water partition coefficient (Wildman–Crippen LogP) is 4.53. The van der Waals surface area contributed by atoms with E-state index in [0.717, 1.165) is 11.1 Å². The molecule has 144 valence electrons. The van der Waals surface area contributed by atoms with Crippen molar-refractivity contribution < 1.29 is 19.1 Å². The van der Waals surface area contributed by atoms with Gasteiger partial charge in [-0.05, 0) is 78.6 Å². The molecule has 0 heterocycles. The zero-order valence-electron chi connectivity index (χ0n) is 16.8. The second kappa shape index (κ2) is 8.21. The summed E-state index contributed by atoms with van der Waals surface area (Å²) in [7, 11) is 0. The molecule has 1 aromatic rings. The van der Waals surface area contributed by atoms with Crippen molar-refractivity contribution in [2.75, 3.05) is 5.32 Å². The summed E-state index contributed by atoms with van der Waals surface area (Å²) in [4.78, 5) is 27.9. The number of hydrogen-bond donors (Lipinski definition) is 2. The maximum atomic E-state index is 12.0. The van der Waals surface area contributed by atoms with Crippen LogP contribution < -0.4 is 10.6 Å².